The van der Waals surface area contributed by atoms with Crippen LogP contribution < -0.4 is 19.7 Å². The number of benzene rings is 1. The molecular weight excluding hydrogens is 347 g/mol. The maximum atomic E-state index is 14.2. The van der Waals surface area contributed by atoms with Crippen molar-refractivity contribution in [2.75, 3.05) is 25.1 Å². The number of aromatic nitrogens is 1. The van der Waals surface area contributed by atoms with Gasteiger partial charge in [-0.15, -0.1) is 0 Å². The Bertz CT molecular complexity index is 722. The van der Waals surface area contributed by atoms with Gasteiger partial charge < -0.3 is 19.7 Å². The molecule has 1 saturated heterocycles. The first-order valence-corrected chi connectivity index (χ1v) is 8.32. The van der Waals surface area contributed by atoms with Crippen molar-refractivity contribution in [2.24, 2.45) is 0 Å². The number of piperidine rings is 1. The van der Waals surface area contributed by atoms with Crippen LogP contribution in [-0.2, 0) is 0 Å². The zero-order valence-corrected chi connectivity index (χ0v) is 14.3. The summed E-state index contributed by atoms with van der Waals surface area (Å²) in [4.78, 5) is 5.90. The van der Waals surface area contributed by atoms with Crippen LogP contribution in [-0.4, -0.2) is 37.8 Å². The third-order valence-corrected chi connectivity index (χ3v) is 4.31. The lowest BCUT2D eigenvalue weighted by molar-refractivity contribution is -0.0498. The molecule has 1 aliphatic rings. The van der Waals surface area contributed by atoms with Gasteiger partial charge in [0.1, 0.15) is 11.4 Å². The molecule has 0 aliphatic carbocycles. The van der Waals surface area contributed by atoms with E-state index in [0.29, 0.717) is 5.69 Å². The highest BCUT2D eigenvalue weighted by atomic mass is 19.3. The minimum absolute atomic E-state index is 0.0679. The van der Waals surface area contributed by atoms with E-state index in [1.165, 1.54) is 19.2 Å². The number of rotatable bonds is 6. The van der Waals surface area contributed by atoms with E-state index in [-0.39, 0.29) is 17.5 Å². The summed E-state index contributed by atoms with van der Waals surface area (Å²) >= 11 is 0. The fraction of sp³-hybridized carbons (Fsp3) is 0.389. The Morgan fingerprint density at radius 3 is 2.46 bits per heavy atom. The number of alkyl halides is 2. The van der Waals surface area contributed by atoms with Crippen molar-refractivity contribution in [1.29, 1.82) is 0 Å². The molecule has 26 heavy (non-hydrogen) atoms. The third kappa shape index (κ3) is 4.01. The fourth-order valence-electron chi connectivity index (χ4n) is 3.19. The van der Waals surface area contributed by atoms with Crippen LogP contribution >= 0.6 is 0 Å². The van der Waals surface area contributed by atoms with Gasteiger partial charge in [0.05, 0.1) is 19.5 Å². The van der Waals surface area contributed by atoms with Crippen molar-refractivity contribution in [3.05, 3.63) is 42.5 Å². The maximum absolute atomic E-state index is 14.2. The lowest BCUT2D eigenvalue weighted by Gasteiger charge is -2.37. The van der Waals surface area contributed by atoms with Gasteiger partial charge in [-0.05, 0) is 50.2 Å². The van der Waals surface area contributed by atoms with Gasteiger partial charge >= 0.3 is 6.61 Å². The molecule has 3 rings (SSSR count). The summed E-state index contributed by atoms with van der Waals surface area (Å²) in [5.41, 5.74) is 1.23. The second kappa shape index (κ2) is 8.27. The highest BCUT2D eigenvalue weighted by Gasteiger charge is 2.27. The van der Waals surface area contributed by atoms with Crippen molar-refractivity contribution < 1.29 is 22.6 Å². The largest absolute Gasteiger partial charge is 0.491 e. The molecule has 1 aliphatic heterocycles. The van der Waals surface area contributed by atoms with E-state index in [0.717, 1.165) is 37.8 Å². The molecule has 2 heterocycles. The predicted octanol–water partition coefficient (Wildman–Crippen LogP) is 3.72. The monoisotopic (exact) mass is 367 g/mol. The summed E-state index contributed by atoms with van der Waals surface area (Å²) in [5, 5.41) is 3.29. The third-order valence-electron chi connectivity index (χ3n) is 4.31. The van der Waals surface area contributed by atoms with Gasteiger partial charge in [-0.3, -0.25) is 4.98 Å². The normalized spacial score (nSPS) is 15.1. The van der Waals surface area contributed by atoms with Crippen molar-refractivity contribution in [3.63, 3.8) is 0 Å². The number of methoxy groups -OCH3 is 1. The van der Waals surface area contributed by atoms with Gasteiger partial charge in [0.25, 0.3) is 0 Å². The van der Waals surface area contributed by atoms with Crippen LogP contribution in [0.5, 0.6) is 11.5 Å². The molecule has 0 unspecified atom stereocenters. The number of nitrogens with zero attached hydrogens (tertiary/aromatic N) is 2. The fourth-order valence-corrected chi connectivity index (χ4v) is 3.19. The molecule has 0 bridgehead atoms. The Kier molecular flexibility index (Phi) is 5.82. The molecular formula is C18H20F3N3O2. The second-order valence-corrected chi connectivity index (χ2v) is 5.90. The van der Waals surface area contributed by atoms with Crippen LogP contribution in [0.15, 0.2) is 36.7 Å². The molecule has 0 saturated carbocycles. The first kappa shape index (κ1) is 18.3. The van der Waals surface area contributed by atoms with Crippen molar-refractivity contribution >= 4 is 11.4 Å². The first-order chi connectivity index (χ1) is 12.6. The average molecular weight is 367 g/mol. The SMILES string of the molecule is COc1c(F)cncc1N(c1ccc(OC(F)F)cc1)C1CCNCC1. The van der Waals surface area contributed by atoms with Crippen molar-refractivity contribution in [1.82, 2.24) is 10.3 Å². The van der Waals surface area contributed by atoms with Crippen LogP contribution in [0.2, 0.25) is 0 Å². The van der Waals surface area contributed by atoms with E-state index in [1.54, 1.807) is 18.3 Å². The van der Waals surface area contributed by atoms with E-state index < -0.39 is 12.4 Å². The van der Waals surface area contributed by atoms with Crippen LogP contribution in [0, 0.1) is 5.82 Å². The Hall–Kier alpha value is -2.48. The molecule has 1 fully saturated rings. The Balaban J connectivity index is 2.00. The number of hydrogen-bond acceptors (Lipinski definition) is 5. The Morgan fingerprint density at radius 1 is 1.15 bits per heavy atom. The van der Waals surface area contributed by atoms with E-state index in [1.807, 2.05) is 4.90 Å². The molecule has 0 spiro atoms. The van der Waals surface area contributed by atoms with E-state index in [4.69, 9.17) is 4.74 Å². The Labute approximate surface area is 149 Å². The highest BCUT2D eigenvalue weighted by molar-refractivity contribution is 5.70. The van der Waals surface area contributed by atoms with Gasteiger partial charge in [-0.25, -0.2) is 4.39 Å². The molecule has 1 aromatic heterocycles. The number of pyridine rings is 1. The summed E-state index contributed by atoms with van der Waals surface area (Å²) in [5.74, 6) is -0.383. The zero-order chi connectivity index (χ0) is 18.5. The van der Waals surface area contributed by atoms with Gasteiger partial charge in [0, 0.05) is 11.7 Å². The minimum atomic E-state index is -2.88. The van der Waals surface area contributed by atoms with Crippen LogP contribution in [0.1, 0.15) is 12.8 Å². The van der Waals surface area contributed by atoms with Crippen LogP contribution in [0.25, 0.3) is 0 Å². The van der Waals surface area contributed by atoms with Gasteiger partial charge in [-0.2, -0.15) is 8.78 Å². The zero-order valence-electron chi connectivity index (χ0n) is 14.3. The van der Waals surface area contributed by atoms with E-state index in [9.17, 15) is 13.2 Å². The second-order valence-electron chi connectivity index (χ2n) is 5.90. The number of nitrogens with one attached hydrogen (secondary N) is 1. The molecule has 2 aromatic rings. The van der Waals surface area contributed by atoms with E-state index >= 15 is 0 Å². The number of halogens is 3. The number of ether oxygens (including phenoxy) is 2. The molecule has 1 N–H and O–H groups in total. The lowest BCUT2D eigenvalue weighted by Crippen LogP contribution is -2.41. The molecule has 8 heteroatoms. The lowest BCUT2D eigenvalue weighted by atomic mass is 10.0. The number of hydrogen-bond donors (Lipinski definition) is 1. The molecule has 140 valence electrons. The number of anilines is 2. The quantitative estimate of drug-likeness (QED) is 0.843. The van der Waals surface area contributed by atoms with Crippen LogP contribution in [0.3, 0.4) is 0 Å². The van der Waals surface area contributed by atoms with Crippen molar-refractivity contribution in [3.8, 4) is 11.5 Å². The average Bonchev–Trinajstić information content (AvgIpc) is 2.64. The summed E-state index contributed by atoms with van der Waals surface area (Å²) in [7, 11) is 1.40. The summed E-state index contributed by atoms with van der Waals surface area (Å²) in [6.07, 6.45) is 4.33. The Morgan fingerprint density at radius 2 is 1.85 bits per heavy atom. The molecule has 0 atom stereocenters. The topological polar surface area (TPSA) is 46.6 Å². The summed E-state index contributed by atoms with van der Waals surface area (Å²) < 4.78 is 48.6. The molecule has 1 aromatic carbocycles. The van der Waals surface area contributed by atoms with Gasteiger partial charge in [0.15, 0.2) is 11.6 Å². The summed E-state index contributed by atoms with van der Waals surface area (Å²) in [6.45, 7) is -1.22. The van der Waals surface area contributed by atoms with E-state index in [2.05, 4.69) is 15.0 Å². The smallest absolute Gasteiger partial charge is 0.387 e. The minimum Gasteiger partial charge on any atom is -0.491 e. The maximum Gasteiger partial charge on any atom is 0.387 e. The van der Waals surface area contributed by atoms with Crippen molar-refractivity contribution in [2.45, 2.75) is 25.5 Å². The molecule has 0 radical (unpaired) electrons. The highest BCUT2D eigenvalue weighted by Crippen LogP contribution is 2.38. The van der Waals surface area contributed by atoms with Gasteiger partial charge in [0.2, 0.25) is 0 Å². The summed E-state index contributed by atoms with van der Waals surface area (Å²) in [6, 6.07) is 6.37. The van der Waals surface area contributed by atoms with Gasteiger partial charge in [-0.1, -0.05) is 0 Å². The molecule has 5 nitrogen and oxygen atoms in total. The van der Waals surface area contributed by atoms with Crippen LogP contribution in [0.4, 0.5) is 24.5 Å². The first-order valence-electron chi connectivity index (χ1n) is 8.32. The predicted molar refractivity (Wildman–Crippen MR) is 91.9 cm³/mol. The standard InChI is InChI=1S/C18H20F3N3O2/c1-25-17-15(19)10-23-11-16(17)24(13-6-8-22-9-7-13)12-2-4-14(5-3-12)26-18(20)21/h2-5,10-11,13,18,22H,6-9H2,1H3. The molecule has 0 amide bonds.